The quantitative estimate of drug-likeness (QED) is 0.478. The molecule has 136 valence electrons. The first-order valence-corrected chi connectivity index (χ1v) is 7.34. The number of esters is 2. The SMILES string of the molecule is COC(=O)c1cc([N+](=O)[O-])cc(C(=O)OC)c1NCc1ccc(F)cc1. The molecule has 8 nitrogen and oxygen atoms in total. The van der Waals surface area contributed by atoms with E-state index in [1.807, 2.05) is 0 Å². The van der Waals surface area contributed by atoms with Crippen LogP contribution >= 0.6 is 0 Å². The van der Waals surface area contributed by atoms with Crippen molar-refractivity contribution in [2.45, 2.75) is 6.54 Å². The van der Waals surface area contributed by atoms with Crippen molar-refractivity contribution in [3.05, 3.63) is 69.0 Å². The average molecular weight is 362 g/mol. The molecule has 0 unspecified atom stereocenters. The number of nitrogens with zero attached hydrogens (tertiary/aromatic N) is 1. The summed E-state index contributed by atoms with van der Waals surface area (Å²) in [6.45, 7) is 0.131. The molecule has 1 N–H and O–H groups in total. The summed E-state index contributed by atoms with van der Waals surface area (Å²) < 4.78 is 22.3. The predicted molar refractivity (Wildman–Crippen MR) is 89.5 cm³/mol. The maximum absolute atomic E-state index is 13.0. The zero-order valence-corrected chi connectivity index (χ0v) is 13.9. The number of rotatable bonds is 6. The predicted octanol–water partition coefficient (Wildman–Crippen LogP) is 2.92. The maximum Gasteiger partial charge on any atom is 0.340 e. The summed E-state index contributed by atoms with van der Waals surface area (Å²) in [5.74, 6) is -2.13. The number of nitro benzene ring substituents is 1. The normalized spacial score (nSPS) is 10.1. The number of ether oxygens (including phenoxy) is 2. The van der Waals surface area contributed by atoms with Gasteiger partial charge in [0.2, 0.25) is 0 Å². The molecule has 0 amide bonds. The summed E-state index contributed by atoms with van der Waals surface area (Å²) >= 11 is 0. The van der Waals surface area contributed by atoms with E-state index in [1.165, 1.54) is 24.3 Å². The van der Waals surface area contributed by atoms with Gasteiger partial charge in [0.25, 0.3) is 5.69 Å². The number of methoxy groups -OCH3 is 2. The van der Waals surface area contributed by atoms with Crippen molar-refractivity contribution < 1.29 is 28.4 Å². The summed E-state index contributed by atoms with van der Waals surface area (Å²) in [6.07, 6.45) is 0. The molecule has 9 heteroatoms. The fraction of sp³-hybridized carbons (Fsp3) is 0.176. The molecule has 2 rings (SSSR count). The van der Waals surface area contributed by atoms with Gasteiger partial charge < -0.3 is 14.8 Å². The van der Waals surface area contributed by atoms with Gasteiger partial charge >= 0.3 is 11.9 Å². The number of nitro groups is 1. The van der Waals surface area contributed by atoms with Crippen molar-refractivity contribution in [1.29, 1.82) is 0 Å². The van der Waals surface area contributed by atoms with E-state index in [1.54, 1.807) is 0 Å². The van der Waals surface area contributed by atoms with E-state index in [4.69, 9.17) is 0 Å². The van der Waals surface area contributed by atoms with Crippen LogP contribution in [-0.4, -0.2) is 31.1 Å². The first kappa shape index (κ1) is 18.8. The van der Waals surface area contributed by atoms with E-state index in [2.05, 4.69) is 14.8 Å². The van der Waals surface area contributed by atoms with Crippen molar-refractivity contribution in [2.75, 3.05) is 19.5 Å². The van der Waals surface area contributed by atoms with Crippen LogP contribution in [0.5, 0.6) is 0 Å². The molecule has 0 saturated carbocycles. The van der Waals surface area contributed by atoms with E-state index in [9.17, 15) is 24.1 Å². The molecule has 0 atom stereocenters. The molecule has 0 fully saturated rings. The fourth-order valence-corrected chi connectivity index (χ4v) is 2.26. The highest BCUT2D eigenvalue weighted by Gasteiger charge is 2.25. The molecule has 0 spiro atoms. The molecule has 0 saturated heterocycles. The Bertz CT molecular complexity index is 814. The number of benzene rings is 2. The third kappa shape index (κ3) is 4.12. The molecule has 0 aliphatic heterocycles. The van der Waals surface area contributed by atoms with Crippen LogP contribution in [0.1, 0.15) is 26.3 Å². The van der Waals surface area contributed by atoms with Crippen LogP contribution in [0.2, 0.25) is 0 Å². The number of hydrogen-bond donors (Lipinski definition) is 1. The highest BCUT2D eigenvalue weighted by atomic mass is 19.1. The van der Waals surface area contributed by atoms with Crippen molar-refractivity contribution in [2.24, 2.45) is 0 Å². The van der Waals surface area contributed by atoms with Gasteiger partial charge in [0, 0.05) is 18.7 Å². The smallest absolute Gasteiger partial charge is 0.340 e. The molecule has 0 heterocycles. The number of carbonyl (C=O) groups excluding carboxylic acids is 2. The summed E-state index contributed by atoms with van der Waals surface area (Å²) in [5, 5.41) is 14.0. The largest absolute Gasteiger partial charge is 0.465 e. The second-order valence-electron chi connectivity index (χ2n) is 5.14. The molecule has 0 aromatic heterocycles. The molecule has 0 radical (unpaired) electrons. The van der Waals surface area contributed by atoms with Gasteiger partial charge in [0.15, 0.2) is 0 Å². The lowest BCUT2D eigenvalue weighted by Crippen LogP contribution is -2.15. The minimum atomic E-state index is -0.861. The van der Waals surface area contributed by atoms with Gasteiger partial charge in [0.1, 0.15) is 5.82 Å². The van der Waals surface area contributed by atoms with E-state index in [0.29, 0.717) is 5.56 Å². The van der Waals surface area contributed by atoms with Gasteiger partial charge in [-0.3, -0.25) is 10.1 Å². The third-order valence-corrected chi connectivity index (χ3v) is 3.53. The standard InChI is InChI=1S/C17H15FN2O6/c1-25-16(21)13-7-12(20(23)24)8-14(17(22)26-2)15(13)19-9-10-3-5-11(18)6-4-10/h3-8,19H,9H2,1-2H3. The Morgan fingerprint density at radius 3 is 2.00 bits per heavy atom. The molecule has 0 bridgehead atoms. The molecular formula is C17H15FN2O6. The Hall–Kier alpha value is -3.49. The van der Waals surface area contributed by atoms with E-state index < -0.39 is 28.4 Å². The van der Waals surface area contributed by atoms with E-state index in [0.717, 1.165) is 26.4 Å². The number of non-ortho nitro benzene ring substituents is 1. The molecule has 2 aromatic carbocycles. The number of hydrogen-bond acceptors (Lipinski definition) is 7. The van der Waals surface area contributed by atoms with Crippen LogP contribution in [0.25, 0.3) is 0 Å². The van der Waals surface area contributed by atoms with Crippen molar-refractivity contribution >= 4 is 23.3 Å². The zero-order chi connectivity index (χ0) is 19.3. The fourth-order valence-electron chi connectivity index (χ4n) is 2.26. The van der Waals surface area contributed by atoms with E-state index in [-0.39, 0.29) is 23.4 Å². The zero-order valence-electron chi connectivity index (χ0n) is 13.9. The molecular weight excluding hydrogens is 347 g/mol. The minimum absolute atomic E-state index is 0.0265. The van der Waals surface area contributed by atoms with Gasteiger partial charge in [-0.15, -0.1) is 0 Å². The van der Waals surface area contributed by atoms with E-state index >= 15 is 0 Å². The molecule has 0 aliphatic carbocycles. The topological polar surface area (TPSA) is 108 Å². The van der Waals surface area contributed by atoms with Crippen LogP contribution in [0.15, 0.2) is 36.4 Å². The Morgan fingerprint density at radius 1 is 1.08 bits per heavy atom. The number of carbonyl (C=O) groups is 2. The van der Waals surface area contributed by atoms with Gasteiger partial charge in [-0.25, -0.2) is 14.0 Å². The molecule has 2 aromatic rings. The molecule has 26 heavy (non-hydrogen) atoms. The lowest BCUT2D eigenvalue weighted by atomic mass is 10.0. The Balaban J connectivity index is 2.51. The first-order valence-electron chi connectivity index (χ1n) is 7.34. The lowest BCUT2D eigenvalue weighted by Gasteiger charge is -2.15. The summed E-state index contributed by atoms with van der Waals surface area (Å²) in [5.41, 5.74) is -0.151. The van der Waals surface area contributed by atoms with Gasteiger partial charge in [0.05, 0.1) is 36.0 Å². The number of nitrogens with one attached hydrogen (secondary N) is 1. The first-order chi connectivity index (χ1) is 12.4. The minimum Gasteiger partial charge on any atom is -0.465 e. The summed E-state index contributed by atoms with van der Waals surface area (Å²) in [6, 6.07) is 7.56. The number of anilines is 1. The van der Waals surface area contributed by atoms with Crippen LogP contribution in [0, 0.1) is 15.9 Å². The van der Waals surface area contributed by atoms with Crippen molar-refractivity contribution in [1.82, 2.24) is 0 Å². The van der Waals surface area contributed by atoms with Crippen LogP contribution in [0.4, 0.5) is 15.8 Å². The Labute approximate surface area is 147 Å². The van der Waals surface area contributed by atoms with Gasteiger partial charge in [-0.05, 0) is 17.7 Å². The third-order valence-electron chi connectivity index (χ3n) is 3.53. The second-order valence-corrected chi connectivity index (χ2v) is 5.14. The van der Waals surface area contributed by atoms with Gasteiger partial charge in [-0.1, -0.05) is 12.1 Å². The van der Waals surface area contributed by atoms with Crippen LogP contribution in [-0.2, 0) is 16.0 Å². The average Bonchev–Trinajstić information content (AvgIpc) is 2.65. The molecule has 0 aliphatic rings. The second kappa shape index (κ2) is 8.06. The van der Waals surface area contributed by atoms with Crippen LogP contribution in [0.3, 0.4) is 0 Å². The lowest BCUT2D eigenvalue weighted by molar-refractivity contribution is -0.384. The van der Waals surface area contributed by atoms with Crippen molar-refractivity contribution in [3.63, 3.8) is 0 Å². The Kier molecular flexibility index (Phi) is 5.84. The maximum atomic E-state index is 13.0. The van der Waals surface area contributed by atoms with Crippen molar-refractivity contribution in [3.8, 4) is 0 Å². The summed E-state index contributed by atoms with van der Waals surface area (Å²) in [4.78, 5) is 34.4. The highest BCUT2D eigenvalue weighted by molar-refractivity contribution is 6.05. The highest BCUT2D eigenvalue weighted by Crippen LogP contribution is 2.29. The van der Waals surface area contributed by atoms with Gasteiger partial charge in [-0.2, -0.15) is 0 Å². The Morgan fingerprint density at radius 2 is 1.58 bits per heavy atom. The van der Waals surface area contributed by atoms with Crippen LogP contribution < -0.4 is 5.32 Å². The summed E-state index contributed by atoms with van der Waals surface area (Å²) in [7, 11) is 2.23. The monoisotopic (exact) mass is 362 g/mol. The number of halogens is 1.